The quantitative estimate of drug-likeness (QED) is 0.616. The first-order valence-corrected chi connectivity index (χ1v) is 11.7. The first-order chi connectivity index (χ1) is 15.3. The average molecular weight is 449 g/mol. The molecule has 3 aromatic carbocycles. The van der Waals surface area contributed by atoms with Crippen molar-refractivity contribution in [2.24, 2.45) is 0 Å². The van der Waals surface area contributed by atoms with E-state index in [2.05, 4.69) is 5.32 Å². The Hall–Kier alpha value is -3.58. The van der Waals surface area contributed by atoms with E-state index >= 15 is 0 Å². The minimum Gasteiger partial charge on any atom is -0.491 e. The van der Waals surface area contributed by atoms with Crippen LogP contribution in [-0.2, 0) is 14.8 Å². The zero-order valence-electron chi connectivity index (χ0n) is 18.1. The second-order valence-electron chi connectivity index (χ2n) is 7.70. The third-order valence-electron chi connectivity index (χ3n) is 5.11. The topological polar surface area (TPSA) is 75.7 Å². The molecule has 0 radical (unpaired) electrons. The van der Waals surface area contributed by atoms with Crippen LogP contribution < -0.4 is 14.4 Å². The van der Waals surface area contributed by atoms with E-state index in [9.17, 15) is 13.2 Å². The number of ether oxygens (including phenoxy) is 1. The molecule has 32 heavy (non-hydrogen) atoms. The Kier molecular flexibility index (Phi) is 5.76. The van der Waals surface area contributed by atoms with Gasteiger partial charge in [-0.25, -0.2) is 8.42 Å². The van der Waals surface area contributed by atoms with Crippen molar-refractivity contribution in [2.45, 2.75) is 20.0 Å². The van der Waals surface area contributed by atoms with Crippen molar-refractivity contribution in [1.29, 1.82) is 0 Å². The van der Waals surface area contributed by atoms with Gasteiger partial charge in [0.05, 0.1) is 11.8 Å². The van der Waals surface area contributed by atoms with Crippen LogP contribution in [0.3, 0.4) is 0 Å². The maximum absolute atomic E-state index is 13.5. The highest BCUT2D eigenvalue weighted by atomic mass is 32.2. The number of carbonyl (C=O) groups excluding carboxylic acids is 1. The van der Waals surface area contributed by atoms with Gasteiger partial charge in [0.25, 0.3) is 15.9 Å². The molecule has 0 saturated carbocycles. The molecule has 0 spiro atoms. The van der Waals surface area contributed by atoms with Crippen LogP contribution in [0.4, 0.5) is 11.4 Å². The van der Waals surface area contributed by atoms with Crippen LogP contribution in [0.15, 0.2) is 83.8 Å². The molecular formula is C25H24N2O4S. The minimum atomic E-state index is -4.08. The molecule has 3 aromatic rings. The number of nitrogens with zero attached hydrogens (tertiary/aromatic N) is 1. The second-order valence-corrected chi connectivity index (χ2v) is 9.61. The van der Waals surface area contributed by atoms with E-state index in [0.29, 0.717) is 33.8 Å². The van der Waals surface area contributed by atoms with E-state index in [1.807, 2.05) is 44.2 Å². The molecule has 0 fully saturated rings. The predicted octanol–water partition coefficient (Wildman–Crippen LogP) is 4.65. The van der Waals surface area contributed by atoms with Gasteiger partial charge in [0.2, 0.25) is 0 Å². The van der Waals surface area contributed by atoms with Gasteiger partial charge in [0.15, 0.2) is 4.91 Å². The third-order valence-corrected chi connectivity index (χ3v) is 6.93. The van der Waals surface area contributed by atoms with Crippen molar-refractivity contribution < 1.29 is 17.9 Å². The van der Waals surface area contributed by atoms with Gasteiger partial charge in [-0.3, -0.25) is 9.10 Å². The second kappa shape index (κ2) is 8.51. The van der Waals surface area contributed by atoms with E-state index in [4.69, 9.17) is 4.74 Å². The molecule has 1 aliphatic heterocycles. The van der Waals surface area contributed by atoms with Crippen LogP contribution in [0, 0.1) is 0 Å². The van der Waals surface area contributed by atoms with Crippen molar-refractivity contribution in [3.8, 4) is 5.75 Å². The summed E-state index contributed by atoms with van der Waals surface area (Å²) in [4.78, 5) is 13.1. The fraction of sp³-hybridized carbons (Fsp3) is 0.160. The lowest BCUT2D eigenvalue weighted by Gasteiger charge is -2.30. The molecule has 1 amide bonds. The van der Waals surface area contributed by atoms with Crippen LogP contribution in [0.1, 0.15) is 25.0 Å². The Bertz CT molecular complexity index is 1280. The fourth-order valence-corrected chi connectivity index (χ4v) is 5.14. The first kappa shape index (κ1) is 21.6. The molecule has 0 bridgehead atoms. The zero-order valence-corrected chi connectivity index (χ0v) is 18.9. The first-order valence-electron chi connectivity index (χ1n) is 10.2. The van der Waals surface area contributed by atoms with Crippen LogP contribution in [0.2, 0.25) is 0 Å². The van der Waals surface area contributed by atoms with Crippen molar-refractivity contribution in [3.05, 3.63) is 94.9 Å². The molecule has 164 valence electrons. The predicted molar refractivity (Wildman–Crippen MR) is 127 cm³/mol. The van der Waals surface area contributed by atoms with Gasteiger partial charge < -0.3 is 10.1 Å². The summed E-state index contributed by atoms with van der Waals surface area (Å²) >= 11 is 0. The highest BCUT2D eigenvalue weighted by Crippen LogP contribution is 2.42. The SMILES string of the molecule is CC(C)Oc1ccc(NC(=O)C2=C(c3ccccc3)c3ccccc3N(C)S2(=O)=O)cc1. The van der Waals surface area contributed by atoms with Crippen molar-refractivity contribution in [3.63, 3.8) is 0 Å². The summed E-state index contributed by atoms with van der Waals surface area (Å²) in [5.41, 5.74) is 2.72. The molecule has 0 atom stereocenters. The van der Waals surface area contributed by atoms with E-state index in [1.165, 1.54) is 7.05 Å². The van der Waals surface area contributed by atoms with Crippen LogP contribution >= 0.6 is 0 Å². The molecule has 0 aliphatic carbocycles. The molecule has 7 heteroatoms. The number of amides is 1. The van der Waals surface area contributed by atoms with Crippen molar-refractivity contribution in [2.75, 3.05) is 16.7 Å². The Morgan fingerprint density at radius 2 is 1.53 bits per heavy atom. The van der Waals surface area contributed by atoms with Gasteiger partial charge in [-0.15, -0.1) is 0 Å². The standard InChI is InChI=1S/C25H24N2O4S/c1-17(2)31-20-15-13-19(14-16-20)26-25(28)24-23(18-9-5-4-6-10-18)21-11-7-8-12-22(21)27(3)32(24,29)30/h4-17H,1-3H3,(H,26,28). The third kappa shape index (κ3) is 3.99. The average Bonchev–Trinajstić information content (AvgIpc) is 2.77. The summed E-state index contributed by atoms with van der Waals surface area (Å²) in [5.74, 6) is -0.0242. The van der Waals surface area contributed by atoms with Crippen LogP contribution in [0.5, 0.6) is 5.75 Å². The molecule has 1 aliphatic rings. The van der Waals surface area contributed by atoms with Crippen LogP contribution in [0.25, 0.3) is 5.57 Å². The Morgan fingerprint density at radius 1 is 0.906 bits per heavy atom. The Labute approximate surface area is 188 Å². The largest absolute Gasteiger partial charge is 0.491 e. The van der Waals surface area contributed by atoms with E-state index in [0.717, 1.165) is 4.31 Å². The van der Waals surface area contributed by atoms with E-state index in [-0.39, 0.29) is 11.0 Å². The van der Waals surface area contributed by atoms with Crippen LogP contribution in [-0.4, -0.2) is 27.5 Å². The summed E-state index contributed by atoms with van der Waals surface area (Å²) < 4.78 is 33.7. The van der Waals surface area contributed by atoms with Gasteiger partial charge in [-0.1, -0.05) is 48.5 Å². The Morgan fingerprint density at radius 3 is 2.19 bits per heavy atom. The summed E-state index contributed by atoms with van der Waals surface area (Å²) in [6.07, 6.45) is 0.0250. The van der Waals surface area contributed by atoms with Gasteiger partial charge in [0, 0.05) is 23.9 Å². The maximum Gasteiger partial charge on any atom is 0.270 e. The Balaban J connectivity index is 1.83. The fourth-order valence-electron chi connectivity index (χ4n) is 3.68. The summed E-state index contributed by atoms with van der Waals surface area (Å²) in [5, 5.41) is 2.74. The molecule has 1 heterocycles. The number of hydrogen-bond acceptors (Lipinski definition) is 4. The molecule has 0 aromatic heterocycles. The number of carbonyl (C=O) groups is 1. The highest BCUT2D eigenvalue weighted by Gasteiger charge is 2.39. The maximum atomic E-state index is 13.5. The molecule has 0 unspecified atom stereocenters. The lowest BCUT2D eigenvalue weighted by atomic mass is 9.95. The number of para-hydroxylation sites is 1. The number of nitrogens with one attached hydrogen (secondary N) is 1. The molecule has 6 nitrogen and oxygen atoms in total. The van der Waals surface area contributed by atoms with Crippen molar-refractivity contribution in [1.82, 2.24) is 0 Å². The molecule has 4 rings (SSSR count). The molecule has 0 saturated heterocycles. The van der Waals surface area contributed by atoms with E-state index in [1.54, 1.807) is 48.5 Å². The molecular weight excluding hydrogens is 424 g/mol. The summed E-state index contributed by atoms with van der Waals surface area (Å²) in [6.45, 7) is 3.85. The lowest BCUT2D eigenvalue weighted by Crippen LogP contribution is -2.37. The van der Waals surface area contributed by atoms with Gasteiger partial charge >= 0.3 is 0 Å². The lowest BCUT2D eigenvalue weighted by molar-refractivity contribution is -0.112. The van der Waals surface area contributed by atoms with Crippen molar-refractivity contribution >= 4 is 32.9 Å². The smallest absolute Gasteiger partial charge is 0.270 e. The number of benzene rings is 3. The monoisotopic (exact) mass is 448 g/mol. The number of sulfonamides is 1. The normalized spacial score (nSPS) is 14.8. The minimum absolute atomic E-state index is 0.0250. The number of fused-ring (bicyclic) bond motifs is 1. The number of anilines is 2. The number of rotatable bonds is 5. The van der Waals surface area contributed by atoms with Gasteiger partial charge in [0.1, 0.15) is 5.75 Å². The zero-order chi connectivity index (χ0) is 22.9. The van der Waals surface area contributed by atoms with Gasteiger partial charge in [-0.05, 0) is 49.7 Å². The summed E-state index contributed by atoms with van der Waals surface area (Å²) in [7, 11) is -2.62. The molecule has 1 N–H and O–H groups in total. The number of hydrogen-bond donors (Lipinski definition) is 1. The van der Waals surface area contributed by atoms with Gasteiger partial charge in [-0.2, -0.15) is 0 Å². The van der Waals surface area contributed by atoms with E-state index < -0.39 is 15.9 Å². The highest BCUT2D eigenvalue weighted by molar-refractivity contribution is 7.97. The summed E-state index contributed by atoms with van der Waals surface area (Å²) in [6, 6.07) is 23.1.